The van der Waals surface area contributed by atoms with Crippen molar-refractivity contribution in [3.63, 3.8) is 0 Å². The summed E-state index contributed by atoms with van der Waals surface area (Å²) in [6.45, 7) is 5.97. The number of hydrogen-bond donors (Lipinski definition) is 1. The zero-order chi connectivity index (χ0) is 11.1. The highest BCUT2D eigenvalue weighted by molar-refractivity contribution is 4.95. The second-order valence-electron chi connectivity index (χ2n) is 4.35. The van der Waals surface area contributed by atoms with Gasteiger partial charge in [-0.2, -0.15) is 0 Å². The summed E-state index contributed by atoms with van der Waals surface area (Å²) < 4.78 is 11.4. The van der Waals surface area contributed by atoms with Crippen LogP contribution in [0.1, 0.15) is 46.0 Å². The SMILES string of the molecule is CCCCCOC1CC(N)C1OCCC. The Kier molecular flexibility index (Phi) is 6.22. The maximum atomic E-state index is 5.88. The Morgan fingerprint density at radius 1 is 1.07 bits per heavy atom. The molecular formula is C12H25NO2. The van der Waals surface area contributed by atoms with Crippen LogP contribution < -0.4 is 5.73 Å². The summed E-state index contributed by atoms with van der Waals surface area (Å²) in [7, 11) is 0. The molecule has 0 aromatic heterocycles. The fourth-order valence-electron chi connectivity index (χ4n) is 1.85. The van der Waals surface area contributed by atoms with Crippen molar-refractivity contribution in [2.45, 2.75) is 64.2 Å². The zero-order valence-corrected chi connectivity index (χ0v) is 10.1. The molecule has 0 amide bonds. The molecular weight excluding hydrogens is 190 g/mol. The maximum Gasteiger partial charge on any atom is 0.0988 e. The van der Waals surface area contributed by atoms with E-state index in [9.17, 15) is 0 Å². The Labute approximate surface area is 93.3 Å². The van der Waals surface area contributed by atoms with Crippen LogP contribution in [-0.4, -0.2) is 31.5 Å². The molecule has 1 saturated carbocycles. The van der Waals surface area contributed by atoms with Crippen molar-refractivity contribution >= 4 is 0 Å². The van der Waals surface area contributed by atoms with Crippen molar-refractivity contribution in [2.75, 3.05) is 13.2 Å². The lowest BCUT2D eigenvalue weighted by atomic mass is 9.86. The van der Waals surface area contributed by atoms with E-state index in [-0.39, 0.29) is 18.2 Å². The van der Waals surface area contributed by atoms with E-state index in [1.165, 1.54) is 12.8 Å². The maximum absolute atomic E-state index is 5.88. The predicted molar refractivity (Wildman–Crippen MR) is 61.9 cm³/mol. The van der Waals surface area contributed by atoms with Gasteiger partial charge in [0, 0.05) is 19.3 Å². The number of nitrogens with two attached hydrogens (primary N) is 1. The highest BCUT2D eigenvalue weighted by Gasteiger charge is 2.40. The number of rotatable bonds is 8. The summed E-state index contributed by atoms with van der Waals surface area (Å²) in [6, 6.07) is 0.188. The molecule has 0 saturated heterocycles. The number of hydrogen-bond acceptors (Lipinski definition) is 3. The van der Waals surface area contributed by atoms with E-state index in [2.05, 4.69) is 13.8 Å². The van der Waals surface area contributed by atoms with Gasteiger partial charge in [-0.1, -0.05) is 26.7 Å². The average Bonchev–Trinajstić information content (AvgIpc) is 2.23. The molecule has 3 unspecified atom stereocenters. The predicted octanol–water partition coefficient (Wildman–Crippen LogP) is 2.09. The molecule has 0 heterocycles. The van der Waals surface area contributed by atoms with Crippen LogP contribution in [0.2, 0.25) is 0 Å². The molecule has 1 aliphatic rings. The van der Waals surface area contributed by atoms with Crippen molar-refractivity contribution in [3.05, 3.63) is 0 Å². The topological polar surface area (TPSA) is 44.5 Å². The van der Waals surface area contributed by atoms with Crippen LogP contribution in [0.5, 0.6) is 0 Å². The molecule has 0 radical (unpaired) electrons. The molecule has 0 bridgehead atoms. The highest BCUT2D eigenvalue weighted by atomic mass is 16.5. The minimum atomic E-state index is 0.145. The van der Waals surface area contributed by atoms with Gasteiger partial charge in [0.15, 0.2) is 0 Å². The molecule has 3 heteroatoms. The van der Waals surface area contributed by atoms with Gasteiger partial charge in [-0.25, -0.2) is 0 Å². The number of ether oxygens (including phenoxy) is 2. The van der Waals surface area contributed by atoms with Crippen LogP contribution in [0.25, 0.3) is 0 Å². The van der Waals surface area contributed by atoms with Gasteiger partial charge in [0.2, 0.25) is 0 Å². The highest BCUT2D eigenvalue weighted by Crippen LogP contribution is 2.26. The Morgan fingerprint density at radius 2 is 1.87 bits per heavy atom. The molecule has 3 nitrogen and oxygen atoms in total. The van der Waals surface area contributed by atoms with Crippen LogP contribution in [0.15, 0.2) is 0 Å². The van der Waals surface area contributed by atoms with Crippen molar-refractivity contribution in [3.8, 4) is 0 Å². The second-order valence-corrected chi connectivity index (χ2v) is 4.35. The van der Waals surface area contributed by atoms with Gasteiger partial charge in [0.05, 0.1) is 12.2 Å². The van der Waals surface area contributed by atoms with Crippen LogP contribution in [-0.2, 0) is 9.47 Å². The van der Waals surface area contributed by atoms with Gasteiger partial charge in [-0.15, -0.1) is 0 Å². The van der Waals surface area contributed by atoms with E-state index in [1.54, 1.807) is 0 Å². The Balaban J connectivity index is 2.08. The fraction of sp³-hybridized carbons (Fsp3) is 1.00. The quantitative estimate of drug-likeness (QED) is 0.631. The summed E-state index contributed by atoms with van der Waals surface area (Å²) >= 11 is 0. The largest absolute Gasteiger partial charge is 0.375 e. The lowest BCUT2D eigenvalue weighted by Gasteiger charge is -2.41. The molecule has 1 aliphatic carbocycles. The lowest BCUT2D eigenvalue weighted by molar-refractivity contribution is -0.139. The average molecular weight is 215 g/mol. The molecule has 0 aliphatic heterocycles. The summed E-state index contributed by atoms with van der Waals surface area (Å²) in [5.41, 5.74) is 5.88. The molecule has 15 heavy (non-hydrogen) atoms. The van der Waals surface area contributed by atoms with Crippen LogP contribution in [0.4, 0.5) is 0 Å². The molecule has 1 fully saturated rings. The Hall–Kier alpha value is -0.120. The van der Waals surface area contributed by atoms with Crippen molar-refractivity contribution in [1.29, 1.82) is 0 Å². The van der Waals surface area contributed by atoms with E-state index >= 15 is 0 Å². The first kappa shape index (κ1) is 12.9. The molecule has 0 aromatic carbocycles. The minimum Gasteiger partial charge on any atom is -0.375 e. The summed E-state index contributed by atoms with van der Waals surface area (Å²) in [4.78, 5) is 0. The lowest BCUT2D eigenvalue weighted by Crippen LogP contribution is -2.58. The van der Waals surface area contributed by atoms with E-state index in [0.717, 1.165) is 32.5 Å². The van der Waals surface area contributed by atoms with Crippen LogP contribution in [0.3, 0.4) is 0 Å². The molecule has 1 rings (SSSR count). The molecule has 2 N–H and O–H groups in total. The van der Waals surface area contributed by atoms with E-state index < -0.39 is 0 Å². The summed E-state index contributed by atoms with van der Waals surface area (Å²) in [5.74, 6) is 0. The molecule has 90 valence electrons. The van der Waals surface area contributed by atoms with Crippen molar-refractivity contribution in [2.24, 2.45) is 5.73 Å². The fourth-order valence-corrected chi connectivity index (χ4v) is 1.85. The first-order valence-corrected chi connectivity index (χ1v) is 6.28. The Bertz CT molecular complexity index is 164. The monoisotopic (exact) mass is 215 g/mol. The normalized spacial score (nSPS) is 30.2. The molecule has 3 atom stereocenters. The van der Waals surface area contributed by atoms with Gasteiger partial charge in [0.1, 0.15) is 0 Å². The standard InChI is InChI=1S/C12H25NO2/c1-3-5-6-8-14-11-9-10(13)12(11)15-7-4-2/h10-12H,3-9,13H2,1-2H3. The van der Waals surface area contributed by atoms with Gasteiger partial charge < -0.3 is 15.2 Å². The number of unbranched alkanes of at least 4 members (excludes halogenated alkanes) is 2. The van der Waals surface area contributed by atoms with Gasteiger partial charge in [-0.3, -0.25) is 0 Å². The zero-order valence-electron chi connectivity index (χ0n) is 10.1. The second kappa shape index (κ2) is 7.20. The Morgan fingerprint density at radius 3 is 2.47 bits per heavy atom. The summed E-state index contributed by atoms with van der Waals surface area (Å²) in [5, 5.41) is 0. The van der Waals surface area contributed by atoms with E-state index in [4.69, 9.17) is 15.2 Å². The van der Waals surface area contributed by atoms with Crippen molar-refractivity contribution in [1.82, 2.24) is 0 Å². The first-order chi connectivity index (χ1) is 7.29. The smallest absolute Gasteiger partial charge is 0.0988 e. The first-order valence-electron chi connectivity index (χ1n) is 6.28. The van der Waals surface area contributed by atoms with Gasteiger partial charge >= 0.3 is 0 Å². The third-order valence-corrected chi connectivity index (χ3v) is 2.89. The van der Waals surface area contributed by atoms with Crippen LogP contribution >= 0.6 is 0 Å². The van der Waals surface area contributed by atoms with Crippen molar-refractivity contribution < 1.29 is 9.47 Å². The van der Waals surface area contributed by atoms with E-state index in [1.807, 2.05) is 0 Å². The van der Waals surface area contributed by atoms with Gasteiger partial charge in [-0.05, 0) is 19.3 Å². The van der Waals surface area contributed by atoms with E-state index in [0.29, 0.717) is 0 Å². The van der Waals surface area contributed by atoms with Crippen LogP contribution in [0, 0.1) is 0 Å². The third-order valence-electron chi connectivity index (χ3n) is 2.89. The third kappa shape index (κ3) is 4.09. The van der Waals surface area contributed by atoms with Gasteiger partial charge in [0.25, 0.3) is 0 Å². The summed E-state index contributed by atoms with van der Waals surface area (Å²) in [6.07, 6.45) is 6.05. The molecule has 0 spiro atoms. The molecule has 0 aromatic rings. The minimum absolute atomic E-state index is 0.145.